The summed E-state index contributed by atoms with van der Waals surface area (Å²) in [6.45, 7) is 0. The maximum Gasteiger partial charge on any atom is 3.00 e. The summed E-state index contributed by atoms with van der Waals surface area (Å²) >= 11 is 0. The van der Waals surface area contributed by atoms with Gasteiger partial charge in [-0.2, -0.15) is 15.6 Å². The second-order valence-electron chi connectivity index (χ2n) is 0.894. The average Bonchev–Trinajstić information content (AvgIpc) is 1.12. The van der Waals surface area contributed by atoms with E-state index in [0.29, 0.717) is 0 Å². The average molecular weight is 357 g/mol. The van der Waals surface area contributed by atoms with Gasteiger partial charge in [0.15, 0.2) is 0 Å². The Morgan fingerprint density at radius 2 is 0.667 bits per heavy atom. The Hall–Kier alpha value is 2.13. The topological polar surface area (TPSA) is 172 Å². The quantitative estimate of drug-likeness (QED) is 0.304. The van der Waals surface area contributed by atoms with E-state index in [2.05, 4.69) is 0 Å². The van der Waals surface area contributed by atoms with Crippen molar-refractivity contribution in [2.45, 2.75) is 0 Å². The van der Waals surface area contributed by atoms with Crippen LogP contribution in [0, 0.1) is 41.7 Å². The van der Waals surface area contributed by atoms with Gasteiger partial charge < -0.3 is 38.5 Å². The monoisotopic (exact) mass is 357 g/mol. The summed E-state index contributed by atoms with van der Waals surface area (Å²) in [7, 11) is -10.8. The van der Waals surface area contributed by atoms with Gasteiger partial charge in [0, 0.05) is 0 Å². The normalized spacial score (nSPS) is 9.83. The van der Waals surface area contributed by atoms with Gasteiger partial charge in [0.2, 0.25) is 0 Å². The molecule has 0 aromatic carbocycles. The molecule has 0 aliphatic rings. The predicted molar refractivity (Wildman–Crippen MR) is 21.0 cm³/mol. The van der Waals surface area contributed by atoms with Crippen molar-refractivity contribution in [2.75, 3.05) is 0 Å². The van der Waals surface area contributed by atoms with Crippen molar-refractivity contribution in [3.05, 3.63) is 0 Å². The minimum atomic E-state index is -5.39. The molecule has 0 aliphatic heterocycles. The summed E-state index contributed by atoms with van der Waals surface area (Å²) in [6, 6.07) is 0. The van der Waals surface area contributed by atoms with Gasteiger partial charge in [0.05, 0.1) is 0 Å². The minimum absolute atomic E-state index is 0. The zero-order valence-electron chi connectivity index (χ0n) is 5.24. The van der Waals surface area contributed by atoms with Gasteiger partial charge in [-0.25, -0.2) is 0 Å². The summed E-state index contributed by atoms with van der Waals surface area (Å²) in [6.07, 6.45) is 0. The SMILES string of the molecule is O=P([O-])([O-])[O-].O=P([O-])([O-])[O-].[Al+3].[Ce+3]. The Labute approximate surface area is 112 Å². The van der Waals surface area contributed by atoms with Gasteiger partial charge in [-0.3, -0.25) is 0 Å². The molecule has 1 radical (unpaired) electrons. The van der Waals surface area contributed by atoms with E-state index in [-0.39, 0.29) is 59.1 Å². The van der Waals surface area contributed by atoms with Crippen LogP contribution in [-0.2, 0) is 9.13 Å². The maximum absolute atomic E-state index is 8.55. The van der Waals surface area contributed by atoms with Crippen molar-refractivity contribution in [2.24, 2.45) is 0 Å². The molecule has 8 nitrogen and oxygen atoms in total. The minimum Gasteiger partial charge on any atom is -0.822 e. The molecule has 0 rings (SSSR count). The molecule has 65 valence electrons. The van der Waals surface area contributed by atoms with Gasteiger partial charge in [-0.05, 0) is 0 Å². The Bertz CT molecular complexity index is 129. The second kappa shape index (κ2) is 9.68. The Morgan fingerprint density at radius 1 is 0.667 bits per heavy atom. The van der Waals surface area contributed by atoms with Crippen molar-refractivity contribution in [1.82, 2.24) is 0 Å². The van der Waals surface area contributed by atoms with Crippen molar-refractivity contribution < 1.29 is 80.2 Å². The molecule has 0 spiro atoms. The van der Waals surface area contributed by atoms with Crippen LogP contribution in [0.4, 0.5) is 0 Å². The molecule has 0 N–H and O–H groups in total. The fraction of sp³-hybridized carbons (Fsp3) is 0. The van der Waals surface area contributed by atoms with Crippen LogP contribution in [0.25, 0.3) is 0 Å². The zero-order chi connectivity index (χ0) is 9.00. The van der Waals surface area contributed by atoms with Gasteiger partial charge in [-0.15, -0.1) is 0 Å². The Kier molecular flexibility index (Phi) is 19.1. The van der Waals surface area contributed by atoms with E-state index in [4.69, 9.17) is 38.5 Å². The van der Waals surface area contributed by atoms with E-state index in [1.54, 1.807) is 0 Å². The fourth-order valence-corrected chi connectivity index (χ4v) is 0. The Balaban J connectivity index is -0.0000000457. The molecule has 0 unspecified atom stereocenters. The van der Waals surface area contributed by atoms with Gasteiger partial charge >= 0.3 is 59.1 Å². The smallest absolute Gasteiger partial charge is 0.822 e. The molecule has 0 bridgehead atoms. The van der Waals surface area contributed by atoms with Crippen LogP contribution in [0.5, 0.6) is 0 Å². The number of hydrogen-bond acceptors (Lipinski definition) is 8. The molecule has 0 heterocycles. The zero-order valence-corrected chi connectivity index (χ0v) is 11.3. The second-order valence-corrected chi connectivity index (χ2v) is 2.68. The van der Waals surface area contributed by atoms with Crippen molar-refractivity contribution in [3.63, 3.8) is 0 Å². The first-order chi connectivity index (χ1) is 4.00. The van der Waals surface area contributed by atoms with Crippen LogP contribution in [0.1, 0.15) is 0 Å². The molecule has 0 amide bonds. The molecule has 12 heteroatoms. The van der Waals surface area contributed by atoms with E-state index >= 15 is 0 Å². The third-order valence-electron chi connectivity index (χ3n) is 0. The number of phosphoric acid groups is 2. The van der Waals surface area contributed by atoms with E-state index in [1.807, 2.05) is 0 Å². The molecule has 12 heavy (non-hydrogen) atoms. The molecule has 0 saturated heterocycles. The van der Waals surface area contributed by atoms with Crippen LogP contribution < -0.4 is 29.4 Å². The largest absolute Gasteiger partial charge is 3.00 e. The van der Waals surface area contributed by atoms with Gasteiger partial charge in [0.25, 0.3) is 0 Å². The van der Waals surface area contributed by atoms with Crippen molar-refractivity contribution >= 4 is 33.0 Å². The van der Waals surface area contributed by atoms with Crippen LogP contribution >= 0.6 is 15.6 Å². The van der Waals surface area contributed by atoms with Crippen molar-refractivity contribution in [3.8, 4) is 0 Å². The van der Waals surface area contributed by atoms with E-state index < -0.39 is 15.6 Å². The molecule has 0 fully saturated rings. The maximum atomic E-state index is 8.55. The molecule has 0 saturated carbocycles. The summed E-state index contributed by atoms with van der Waals surface area (Å²) in [5, 5.41) is 0. The van der Waals surface area contributed by atoms with E-state index in [1.165, 1.54) is 0 Å². The van der Waals surface area contributed by atoms with Crippen LogP contribution in [0.15, 0.2) is 0 Å². The van der Waals surface area contributed by atoms with Gasteiger partial charge in [-0.1, -0.05) is 0 Å². The fourth-order valence-electron chi connectivity index (χ4n) is 0. The van der Waals surface area contributed by atoms with Crippen LogP contribution in [0.2, 0.25) is 0 Å². The number of hydrogen-bond donors (Lipinski definition) is 0. The number of rotatable bonds is 0. The summed E-state index contributed by atoms with van der Waals surface area (Å²) in [5.74, 6) is 0. The third-order valence-corrected chi connectivity index (χ3v) is 0. The van der Waals surface area contributed by atoms with Crippen LogP contribution in [-0.4, -0.2) is 17.4 Å². The molecular formula is AlCeO8P2. The van der Waals surface area contributed by atoms with Gasteiger partial charge in [0.1, 0.15) is 0 Å². The molecular weight excluding hydrogens is 357 g/mol. The molecule has 0 aromatic rings. The predicted octanol–water partition coefficient (Wildman–Crippen LogP) is -6.03. The van der Waals surface area contributed by atoms with Crippen molar-refractivity contribution in [1.29, 1.82) is 0 Å². The van der Waals surface area contributed by atoms with E-state index in [0.717, 1.165) is 0 Å². The first-order valence-corrected chi connectivity index (χ1v) is 4.38. The Morgan fingerprint density at radius 3 is 0.667 bits per heavy atom. The van der Waals surface area contributed by atoms with E-state index in [9.17, 15) is 0 Å². The summed E-state index contributed by atoms with van der Waals surface area (Å²) in [5.41, 5.74) is 0. The molecule has 0 atom stereocenters. The molecule has 0 aromatic heterocycles. The molecule has 0 aliphatic carbocycles. The first-order valence-electron chi connectivity index (χ1n) is 1.46. The third kappa shape index (κ3) is 331. The summed E-state index contributed by atoms with van der Waals surface area (Å²) < 4.78 is 17.1. The summed E-state index contributed by atoms with van der Waals surface area (Å²) in [4.78, 5) is 51.3. The van der Waals surface area contributed by atoms with Crippen LogP contribution in [0.3, 0.4) is 0 Å². The first kappa shape index (κ1) is 23.7. The standard InChI is InChI=1S/Al.Ce.2H3O4P/c;;2*1-5(2,3)4/h;;2*(H3,1,2,3,4)/q2*+3;;/p-6.